The van der Waals surface area contributed by atoms with E-state index in [4.69, 9.17) is 10.8 Å². The average Bonchev–Trinajstić information content (AvgIpc) is 2.10. The summed E-state index contributed by atoms with van der Waals surface area (Å²) in [6.45, 7) is 0. The summed E-state index contributed by atoms with van der Waals surface area (Å²) < 4.78 is 49.5. The predicted molar refractivity (Wildman–Crippen MR) is 56.0 cm³/mol. The molecule has 0 aromatic heterocycles. The predicted octanol–water partition coefficient (Wildman–Crippen LogP) is 3.28. The molecule has 16 heavy (non-hydrogen) atoms. The molecule has 0 spiro atoms. The van der Waals surface area contributed by atoms with Gasteiger partial charge < -0.3 is 10.8 Å². The van der Waals surface area contributed by atoms with E-state index in [-0.39, 0.29) is 16.9 Å². The second kappa shape index (κ2) is 5.20. The molecule has 0 aliphatic rings. The molecule has 1 atom stereocenters. The Morgan fingerprint density at radius 1 is 1.31 bits per heavy atom. The largest absolute Gasteiger partial charge is 0.505 e. The van der Waals surface area contributed by atoms with Crippen molar-refractivity contribution in [2.75, 3.05) is 0 Å². The monoisotopic (exact) mass is 323 g/mol. The van der Waals surface area contributed by atoms with Gasteiger partial charge in [0.2, 0.25) is 0 Å². The van der Waals surface area contributed by atoms with Crippen molar-refractivity contribution in [2.24, 2.45) is 5.73 Å². The Bertz CT molecular complexity index is 385. The molecule has 1 rings (SSSR count). The first-order valence-electron chi connectivity index (χ1n) is 3.74. The number of hydrogen-bond donors (Lipinski definition) is 2. The molecule has 2 nitrogen and oxygen atoms in total. The molecule has 0 unspecified atom stereocenters. The van der Waals surface area contributed by atoms with E-state index >= 15 is 0 Å². The van der Waals surface area contributed by atoms with Crippen LogP contribution in [0.5, 0.6) is 5.75 Å². The minimum atomic E-state index is -4.74. The topological polar surface area (TPSA) is 46.2 Å². The van der Waals surface area contributed by atoms with Crippen molar-refractivity contribution in [3.63, 3.8) is 0 Å². The van der Waals surface area contributed by atoms with Gasteiger partial charge in [0.1, 0.15) is 6.04 Å². The van der Waals surface area contributed by atoms with Crippen LogP contribution in [0.1, 0.15) is 11.6 Å². The third-order valence-electron chi connectivity index (χ3n) is 1.78. The van der Waals surface area contributed by atoms with Crippen LogP contribution in [0.2, 0.25) is 0 Å². The summed E-state index contributed by atoms with van der Waals surface area (Å²) in [6, 6.07) is -0.537. The summed E-state index contributed by atoms with van der Waals surface area (Å²) in [5.74, 6) is -2.23. The van der Waals surface area contributed by atoms with E-state index < -0.39 is 29.3 Å². The Morgan fingerprint density at radius 2 is 1.81 bits per heavy atom. The van der Waals surface area contributed by atoms with Crippen LogP contribution in [0, 0.1) is 5.82 Å². The number of aromatic hydroxyl groups is 1. The molecule has 0 saturated carbocycles. The Morgan fingerprint density at radius 3 is 2.25 bits per heavy atom. The fourth-order valence-corrected chi connectivity index (χ4v) is 1.58. The first-order chi connectivity index (χ1) is 6.75. The third kappa shape index (κ3) is 2.99. The number of halogens is 6. The van der Waals surface area contributed by atoms with Crippen molar-refractivity contribution in [3.8, 4) is 5.75 Å². The van der Waals surface area contributed by atoms with Crippen molar-refractivity contribution < 1.29 is 22.7 Å². The molecule has 0 saturated heterocycles. The maximum atomic E-state index is 12.8. The summed E-state index contributed by atoms with van der Waals surface area (Å²) in [5.41, 5.74) is 4.15. The minimum Gasteiger partial charge on any atom is -0.505 e. The van der Waals surface area contributed by atoms with Gasteiger partial charge in [0.15, 0.2) is 11.6 Å². The molecule has 1 aromatic carbocycles. The zero-order valence-corrected chi connectivity index (χ0v) is 9.96. The normalized spacial score (nSPS) is 13.1. The number of nitrogens with two attached hydrogens (primary N) is 1. The molecule has 0 heterocycles. The summed E-state index contributed by atoms with van der Waals surface area (Å²) in [4.78, 5) is 0. The van der Waals surface area contributed by atoms with Gasteiger partial charge >= 0.3 is 6.18 Å². The van der Waals surface area contributed by atoms with Gasteiger partial charge in [-0.3, -0.25) is 0 Å². The first kappa shape index (κ1) is 15.5. The van der Waals surface area contributed by atoms with E-state index in [1.54, 1.807) is 0 Å². The first-order valence-corrected chi connectivity index (χ1v) is 4.53. The van der Waals surface area contributed by atoms with Gasteiger partial charge in [-0.15, -0.1) is 12.4 Å². The van der Waals surface area contributed by atoms with E-state index in [0.29, 0.717) is 0 Å². The van der Waals surface area contributed by atoms with Gasteiger partial charge in [0.25, 0.3) is 0 Å². The Hall–Kier alpha value is -0.530. The summed E-state index contributed by atoms with van der Waals surface area (Å²) >= 11 is 2.77. The highest BCUT2D eigenvalue weighted by Gasteiger charge is 2.40. The lowest BCUT2D eigenvalue weighted by molar-refractivity contribution is -0.149. The highest BCUT2D eigenvalue weighted by Crippen LogP contribution is 2.40. The fraction of sp³-hybridized carbons (Fsp3) is 0.250. The molecular weight excluding hydrogens is 317 g/mol. The van der Waals surface area contributed by atoms with Gasteiger partial charge in [0, 0.05) is 10.0 Å². The second-order valence-electron chi connectivity index (χ2n) is 2.81. The number of phenols is 1. The van der Waals surface area contributed by atoms with Crippen LogP contribution in [0.25, 0.3) is 0 Å². The number of phenolic OH excluding ortho intramolecular Hbond substituents is 1. The molecule has 0 aliphatic carbocycles. The van der Waals surface area contributed by atoms with E-state index in [1.165, 1.54) is 0 Å². The van der Waals surface area contributed by atoms with Crippen molar-refractivity contribution in [3.05, 3.63) is 28.0 Å². The Balaban J connectivity index is 0.00000225. The quantitative estimate of drug-likeness (QED) is 0.779. The smallest absolute Gasteiger partial charge is 0.407 e. The zero-order valence-electron chi connectivity index (χ0n) is 7.55. The van der Waals surface area contributed by atoms with E-state index in [2.05, 4.69) is 15.9 Å². The molecule has 0 radical (unpaired) electrons. The van der Waals surface area contributed by atoms with Gasteiger partial charge in [-0.1, -0.05) is 15.9 Å². The minimum absolute atomic E-state index is 0. The molecule has 92 valence electrons. The van der Waals surface area contributed by atoms with Crippen molar-refractivity contribution in [2.45, 2.75) is 12.2 Å². The molecular formula is C8H7BrClF4NO. The Labute approximate surface area is 103 Å². The maximum absolute atomic E-state index is 12.8. The maximum Gasteiger partial charge on any atom is 0.407 e. The van der Waals surface area contributed by atoms with Crippen LogP contribution >= 0.6 is 28.3 Å². The van der Waals surface area contributed by atoms with Gasteiger partial charge in [-0.05, 0) is 12.1 Å². The van der Waals surface area contributed by atoms with Crippen molar-refractivity contribution >= 4 is 28.3 Å². The van der Waals surface area contributed by atoms with Gasteiger partial charge in [-0.2, -0.15) is 13.2 Å². The SMILES string of the molecule is Cl.N[C@H](c1c(Br)ccc(F)c1O)C(F)(F)F. The lowest BCUT2D eigenvalue weighted by Gasteiger charge is -2.18. The van der Waals surface area contributed by atoms with E-state index in [0.717, 1.165) is 12.1 Å². The average molecular weight is 324 g/mol. The molecule has 0 aliphatic heterocycles. The highest BCUT2D eigenvalue weighted by molar-refractivity contribution is 9.10. The Kier molecular flexibility index (Phi) is 5.03. The van der Waals surface area contributed by atoms with E-state index in [9.17, 15) is 17.6 Å². The number of benzene rings is 1. The van der Waals surface area contributed by atoms with Crippen LogP contribution in [-0.2, 0) is 0 Å². The second-order valence-corrected chi connectivity index (χ2v) is 3.67. The molecule has 0 fully saturated rings. The van der Waals surface area contributed by atoms with Crippen molar-refractivity contribution in [1.82, 2.24) is 0 Å². The van der Waals surface area contributed by atoms with Gasteiger partial charge in [0.05, 0.1) is 0 Å². The van der Waals surface area contributed by atoms with Gasteiger partial charge in [-0.25, -0.2) is 4.39 Å². The van der Waals surface area contributed by atoms with Crippen LogP contribution in [0.4, 0.5) is 17.6 Å². The number of alkyl halides is 3. The van der Waals surface area contributed by atoms with Crippen LogP contribution in [0.3, 0.4) is 0 Å². The molecule has 0 amide bonds. The fourth-order valence-electron chi connectivity index (χ4n) is 1.02. The highest BCUT2D eigenvalue weighted by atomic mass is 79.9. The summed E-state index contributed by atoms with van der Waals surface area (Å²) in [6.07, 6.45) is -4.74. The molecule has 3 N–H and O–H groups in total. The van der Waals surface area contributed by atoms with E-state index in [1.807, 2.05) is 0 Å². The summed E-state index contributed by atoms with van der Waals surface area (Å²) in [5, 5.41) is 9.13. The third-order valence-corrected chi connectivity index (χ3v) is 2.47. The van der Waals surface area contributed by atoms with Crippen LogP contribution in [0.15, 0.2) is 16.6 Å². The standard InChI is InChI=1S/C8H6BrF4NO.ClH/c9-3-1-2-4(10)6(15)5(3)7(14)8(11,12)13;/h1-2,7,15H,14H2;1H/t7-;/m1./s1. The zero-order chi connectivity index (χ0) is 11.8. The lowest BCUT2D eigenvalue weighted by atomic mass is 10.1. The number of hydrogen-bond acceptors (Lipinski definition) is 2. The molecule has 1 aromatic rings. The molecule has 8 heteroatoms. The van der Waals surface area contributed by atoms with Crippen LogP contribution < -0.4 is 5.73 Å². The molecule has 0 bridgehead atoms. The lowest BCUT2D eigenvalue weighted by Crippen LogP contribution is -2.29. The van der Waals surface area contributed by atoms with Crippen molar-refractivity contribution in [1.29, 1.82) is 0 Å². The summed E-state index contributed by atoms with van der Waals surface area (Å²) in [7, 11) is 0. The number of rotatable bonds is 1. The van der Waals surface area contributed by atoms with Crippen LogP contribution in [-0.4, -0.2) is 11.3 Å².